The number of nitrogens with one attached hydrogen (secondary N) is 1. The molecule has 0 atom stereocenters. The summed E-state index contributed by atoms with van der Waals surface area (Å²) in [4.78, 5) is 2.42. The molecule has 198 valence electrons. The van der Waals surface area contributed by atoms with E-state index in [1.807, 2.05) is 12.1 Å². The molecule has 4 aromatic carbocycles. The molecule has 5 rings (SSSR count). The number of benzene rings is 4. The molecule has 0 amide bonds. The van der Waals surface area contributed by atoms with E-state index in [9.17, 15) is 4.39 Å². The number of hydrogen-bond donors (Lipinski definition) is 1. The summed E-state index contributed by atoms with van der Waals surface area (Å²) in [5, 5.41) is 3.75. The summed E-state index contributed by atoms with van der Waals surface area (Å²) in [5.41, 5.74) is 8.28. The van der Waals surface area contributed by atoms with Crippen LogP contribution in [0.1, 0.15) is 36.0 Å². The molecular weight excluding hydrogens is 479 g/mol. The zero-order chi connectivity index (χ0) is 27.1. The quantitative estimate of drug-likeness (QED) is 0.228. The number of piperidine rings is 1. The van der Waals surface area contributed by atoms with Crippen LogP contribution in [0.3, 0.4) is 0 Å². The van der Waals surface area contributed by atoms with E-state index in [1.54, 1.807) is 0 Å². The molecule has 0 aromatic heterocycles. The van der Waals surface area contributed by atoms with Crippen molar-refractivity contribution in [3.8, 4) is 11.1 Å². The summed E-state index contributed by atoms with van der Waals surface area (Å²) >= 11 is 0. The van der Waals surface area contributed by atoms with E-state index in [2.05, 4.69) is 108 Å². The van der Waals surface area contributed by atoms with E-state index in [-0.39, 0.29) is 11.2 Å². The lowest BCUT2D eigenvalue weighted by molar-refractivity contribution is 0.207. The van der Waals surface area contributed by atoms with Gasteiger partial charge in [0.15, 0.2) is 0 Å². The topological polar surface area (TPSA) is 15.3 Å². The van der Waals surface area contributed by atoms with Crippen molar-refractivity contribution < 1.29 is 4.39 Å². The summed E-state index contributed by atoms with van der Waals surface area (Å²) in [5.74, 6) is -0.191. The third kappa shape index (κ3) is 6.15. The highest BCUT2D eigenvalue weighted by molar-refractivity contribution is 5.67. The molecule has 1 N–H and O–H groups in total. The molecule has 0 bridgehead atoms. The van der Waals surface area contributed by atoms with E-state index < -0.39 is 0 Å². The number of likely N-dealkylation sites (tertiary alicyclic amines) is 1. The second-order valence-corrected chi connectivity index (χ2v) is 10.5. The number of hydrogen-bond acceptors (Lipinski definition) is 2. The fourth-order valence-corrected chi connectivity index (χ4v) is 5.77. The summed E-state index contributed by atoms with van der Waals surface area (Å²) < 4.78 is 13.3. The molecule has 1 heterocycles. The van der Waals surface area contributed by atoms with Crippen molar-refractivity contribution in [1.82, 2.24) is 10.2 Å². The van der Waals surface area contributed by atoms with Crippen LogP contribution in [-0.4, -0.2) is 18.0 Å². The summed E-state index contributed by atoms with van der Waals surface area (Å²) in [6.45, 7) is 11.6. The summed E-state index contributed by atoms with van der Waals surface area (Å²) in [6.07, 6.45) is 3.69. The Balaban J connectivity index is 1.28. The minimum absolute atomic E-state index is 0.142. The Morgan fingerprint density at radius 1 is 0.769 bits per heavy atom. The summed E-state index contributed by atoms with van der Waals surface area (Å²) in [6, 6.07) is 36.8. The molecule has 4 aromatic rings. The molecule has 1 saturated heterocycles. The first-order valence-corrected chi connectivity index (χ1v) is 13.8. The van der Waals surface area contributed by atoms with Crippen molar-refractivity contribution in [3.63, 3.8) is 0 Å². The lowest BCUT2D eigenvalue weighted by Crippen LogP contribution is -2.45. The maximum Gasteiger partial charge on any atom is 0.123 e. The fourth-order valence-electron chi connectivity index (χ4n) is 5.77. The highest BCUT2D eigenvalue weighted by Gasteiger charge is 2.39. The third-order valence-electron chi connectivity index (χ3n) is 8.18. The second kappa shape index (κ2) is 12.2. The Labute approximate surface area is 232 Å². The van der Waals surface area contributed by atoms with Crippen molar-refractivity contribution >= 4 is 0 Å². The minimum atomic E-state index is -0.191. The summed E-state index contributed by atoms with van der Waals surface area (Å²) in [7, 11) is 0. The molecule has 1 aliphatic rings. The molecule has 3 heteroatoms. The molecule has 0 radical (unpaired) electrons. The van der Waals surface area contributed by atoms with Gasteiger partial charge in [0.1, 0.15) is 5.82 Å². The van der Waals surface area contributed by atoms with Crippen LogP contribution in [0.2, 0.25) is 0 Å². The zero-order valence-electron chi connectivity index (χ0n) is 22.6. The minimum Gasteiger partial charge on any atom is -0.384 e. The average molecular weight is 517 g/mol. The van der Waals surface area contributed by atoms with Crippen LogP contribution >= 0.6 is 0 Å². The normalized spacial score (nSPS) is 14.5. The lowest BCUT2D eigenvalue weighted by Gasteiger charge is -2.45. The van der Waals surface area contributed by atoms with E-state index in [4.69, 9.17) is 0 Å². The molecule has 0 saturated carbocycles. The molecule has 1 fully saturated rings. The predicted molar refractivity (Wildman–Crippen MR) is 161 cm³/mol. The number of rotatable bonds is 10. The van der Waals surface area contributed by atoms with Gasteiger partial charge in [0.25, 0.3) is 0 Å². The SMILES string of the molecule is C=C(CCc1ccc(F)cc1)N1CCC(C(=C)NCc2ccccc2-c2ccccc2)(c2ccccc2)CC1. The largest absolute Gasteiger partial charge is 0.384 e. The van der Waals surface area contributed by atoms with Crippen molar-refractivity contribution in [3.05, 3.63) is 156 Å². The van der Waals surface area contributed by atoms with Gasteiger partial charge in [-0.25, -0.2) is 4.39 Å². The van der Waals surface area contributed by atoms with E-state index in [1.165, 1.54) is 34.4 Å². The average Bonchev–Trinajstić information content (AvgIpc) is 3.00. The third-order valence-corrected chi connectivity index (χ3v) is 8.18. The first-order valence-electron chi connectivity index (χ1n) is 13.8. The smallest absolute Gasteiger partial charge is 0.123 e. The first-order chi connectivity index (χ1) is 19.0. The van der Waals surface area contributed by atoms with Gasteiger partial charge in [-0.2, -0.15) is 0 Å². The van der Waals surface area contributed by atoms with Crippen molar-refractivity contribution in [2.45, 2.75) is 37.6 Å². The maximum absolute atomic E-state index is 13.3. The molecule has 0 spiro atoms. The van der Waals surface area contributed by atoms with Crippen LogP contribution in [0.25, 0.3) is 11.1 Å². The first kappa shape index (κ1) is 26.5. The maximum atomic E-state index is 13.3. The predicted octanol–water partition coefficient (Wildman–Crippen LogP) is 8.28. The number of allylic oxidation sites excluding steroid dienone is 2. The highest BCUT2D eigenvalue weighted by Crippen LogP contribution is 2.41. The van der Waals surface area contributed by atoms with Gasteiger partial charge in [0.05, 0.1) is 0 Å². The van der Waals surface area contributed by atoms with Gasteiger partial charge in [-0.3, -0.25) is 0 Å². The van der Waals surface area contributed by atoms with E-state index in [0.29, 0.717) is 0 Å². The lowest BCUT2D eigenvalue weighted by atomic mass is 9.70. The zero-order valence-corrected chi connectivity index (χ0v) is 22.6. The van der Waals surface area contributed by atoms with Gasteiger partial charge in [-0.05, 0) is 65.6 Å². The Morgan fingerprint density at radius 3 is 2.08 bits per heavy atom. The molecule has 0 aliphatic carbocycles. The van der Waals surface area contributed by atoms with Crippen molar-refractivity contribution in [1.29, 1.82) is 0 Å². The van der Waals surface area contributed by atoms with Crippen LogP contribution in [0, 0.1) is 5.82 Å². The van der Waals surface area contributed by atoms with Crippen LogP contribution < -0.4 is 5.32 Å². The molecule has 39 heavy (non-hydrogen) atoms. The number of nitrogens with zero attached hydrogens (tertiary/aromatic N) is 1. The van der Waals surface area contributed by atoms with Gasteiger partial charge in [-0.15, -0.1) is 0 Å². The van der Waals surface area contributed by atoms with Crippen LogP contribution in [0.5, 0.6) is 0 Å². The van der Waals surface area contributed by atoms with Crippen LogP contribution in [0.15, 0.2) is 134 Å². The van der Waals surface area contributed by atoms with Crippen molar-refractivity contribution in [2.24, 2.45) is 0 Å². The highest BCUT2D eigenvalue weighted by atomic mass is 19.1. The van der Waals surface area contributed by atoms with Gasteiger partial charge in [0.2, 0.25) is 0 Å². The number of halogens is 1. The number of aryl methyl sites for hydroxylation is 1. The Bertz CT molecular complexity index is 1390. The van der Waals surface area contributed by atoms with Gasteiger partial charge >= 0.3 is 0 Å². The molecule has 2 nitrogen and oxygen atoms in total. The molecule has 0 unspecified atom stereocenters. The van der Waals surface area contributed by atoms with Gasteiger partial charge in [-0.1, -0.05) is 110 Å². The van der Waals surface area contributed by atoms with Crippen molar-refractivity contribution in [2.75, 3.05) is 13.1 Å². The van der Waals surface area contributed by atoms with Crippen LogP contribution in [-0.2, 0) is 18.4 Å². The monoisotopic (exact) mass is 516 g/mol. The standard InChI is InChI=1S/C36H37FN2/c1-28(17-18-30-19-21-34(37)22-20-30)39-25-23-36(24-26-39,33-14-7-4-8-15-33)29(2)38-27-32-13-9-10-16-35(32)31-11-5-3-6-12-31/h3-16,19-22,38H,1-2,17-18,23-27H2. The fraction of sp³-hybridized carbons (Fsp3) is 0.222. The Morgan fingerprint density at radius 2 is 1.38 bits per heavy atom. The van der Waals surface area contributed by atoms with E-state index >= 15 is 0 Å². The Kier molecular flexibility index (Phi) is 8.27. The van der Waals surface area contributed by atoms with Gasteiger partial charge < -0.3 is 10.2 Å². The molecular formula is C36H37FN2. The van der Waals surface area contributed by atoms with E-state index in [0.717, 1.165) is 62.3 Å². The Hall–Kier alpha value is -4.11. The molecule has 1 aliphatic heterocycles. The van der Waals surface area contributed by atoms with Crippen LogP contribution in [0.4, 0.5) is 4.39 Å². The second-order valence-electron chi connectivity index (χ2n) is 10.5. The van der Waals surface area contributed by atoms with Gasteiger partial charge in [0, 0.05) is 36.4 Å².